The van der Waals surface area contributed by atoms with Crippen LogP contribution >= 0.6 is 22.9 Å². The maximum atomic E-state index is 12.5. The highest BCUT2D eigenvalue weighted by atomic mass is 35.5. The number of benzene rings is 1. The maximum absolute atomic E-state index is 12.5. The number of nitrogens with zero attached hydrogens (tertiary/aromatic N) is 5. The quantitative estimate of drug-likeness (QED) is 0.475. The average molecular weight is 456 g/mol. The Labute approximate surface area is 186 Å². The predicted molar refractivity (Wildman–Crippen MR) is 119 cm³/mol. The Morgan fingerprint density at radius 3 is 3.00 bits per heavy atom. The summed E-state index contributed by atoms with van der Waals surface area (Å²) < 4.78 is 5.30. The lowest BCUT2D eigenvalue weighted by atomic mass is 10.2. The molecule has 1 amide bonds. The van der Waals surface area contributed by atoms with E-state index in [1.807, 2.05) is 29.2 Å². The number of hydrogen-bond donors (Lipinski definition) is 2. The van der Waals surface area contributed by atoms with Crippen LogP contribution in [0.4, 0.5) is 10.8 Å². The Morgan fingerprint density at radius 1 is 1.26 bits per heavy atom. The van der Waals surface area contributed by atoms with Crippen molar-refractivity contribution in [1.29, 1.82) is 0 Å². The standard InChI is InChI=1S/C20H18ClN7O2S/c21-18-14-11-23-25-15(14)1-2-16(18)24-20-27-26-19(31-20)12-3-4-22-13(9-12)10-17(29)28-5-7-30-8-6-28/h1-4,9,11H,5-8,10H2,(H,23,25)(H,24,27). The summed E-state index contributed by atoms with van der Waals surface area (Å²) in [6, 6.07) is 7.51. The van der Waals surface area contributed by atoms with Crippen molar-refractivity contribution < 1.29 is 9.53 Å². The summed E-state index contributed by atoms with van der Waals surface area (Å²) in [6.07, 6.45) is 3.62. The molecule has 4 aromatic rings. The number of H-pyrrole nitrogens is 1. The average Bonchev–Trinajstić information content (AvgIpc) is 3.47. The first-order chi connectivity index (χ1) is 15.2. The minimum absolute atomic E-state index is 0.0526. The van der Waals surface area contributed by atoms with Crippen LogP contribution in [0.3, 0.4) is 0 Å². The fourth-order valence-electron chi connectivity index (χ4n) is 3.37. The molecule has 0 spiro atoms. The zero-order valence-corrected chi connectivity index (χ0v) is 17.9. The molecule has 1 aliphatic heterocycles. The third-order valence-corrected chi connectivity index (χ3v) is 6.28. The summed E-state index contributed by atoms with van der Waals surface area (Å²) in [5.41, 5.74) is 3.16. The number of ether oxygens (including phenoxy) is 1. The molecule has 0 bridgehead atoms. The number of aromatic nitrogens is 5. The summed E-state index contributed by atoms with van der Waals surface area (Å²) in [5, 5.41) is 21.4. The predicted octanol–water partition coefficient (Wildman–Crippen LogP) is 3.27. The molecule has 1 fully saturated rings. The lowest BCUT2D eigenvalue weighted by molar-refractivity contribution is -0.134. The number of pyridine rings is 1. The van der Waals surface area contributed by atoms with Gasteiger partial charge in [0.05, 0.1) is 47.8 Å². The topological polar surface area (TPSA) is 109 Å². The zero-order chi connectivity index (χ0) is 21.2. The van der Waals surface area contributed by atoms with Crippen LogP contribution in [0.15, 0.2) is 36.7 Å². The van der Waals surface area contributed by atoms with E-state index in [2.05, 4.69) is 30.7 Å². The van der Waals surface area contributed by atoms with Crippen LogP contribution in [0.2, 0.25) is 5.02 Å². The molecule has 0 aliphatic carbocycles. The normalized spacial score (nSPS) is 14.2. The summed E-state index contributed by atoms with van der Waals surface area (Å²) in [5.74, 6) is 0.0526. The molecule has 3 aromatic heterocycles. The summed E-state index contributed by atoms with van der Waals surface area (Å²) in [6.45, 7) is 2.41. The highest BCUT2D eigenvalue weighted by Crippen LogP contribution is 2.34. The Balaban J connectivity index is 1.31. The molecule has 1 saturated heterocycles. The van der Waals surface area contributed by atoms with Crippen LogP contribution in [0.1, 0.15) is 5.69 Å². The van der Waals surface area contributed by atoms with Crippen molar-refractivity contribution in [2.24, 2.45) is 0 Å². The lowest BCUT2D eigenvalue weighted by Gasteiger charge is -2.26. The first kappa shape index (κ1) is 19.9. The molecule has 0 unspecified atom stereocenters. The van der Waals surface area contributed by atoms with Gasteiger partial charge in [-0.3, -0.25) is 14.9 Å². The number of nitrogens with one attached hydrogen (secondary N) is 2. The fourth-order valence-corrected chi connectivity index (χ4v) is 4.39. The monoisotopic (exact) mass is 455 g/mol. The van der Waals surface area contributed by atoms with Gasteiger partial charge in [-0.25, -0.2) is 0 Å². The highest BCUT2D eigenvalue weighted by molar-refractivity contribution is 7.18. The molecule has 11 heteroatoms. The molecule has 9 nitrogen and oxygen atoms in total. The van der Waals surface area contributed by atoms with Gasteiger partial charge < -0.3 is 15.0 Å². The Morgan fingerprint density at radius 2 is 2.13 bits per heavy atom. The number of anilines is 2. The van der Waals surface area contributed by atoms with Gasteiger partial charge in [-0.2, -0.15) is 5.10 Å². The van der Waals surface area contributed by atoms with Crippen molar-refractivity contribution in [3.05, 3.63) is 47.4 Å². The molecular formula is C20H18ClN7O2S. The van der Waals surface area contributed by atoms with Gasteiger partial charge in [0.15, 0.2) is 0 Å². The molecule has 1 aliphatic rings. The number of aromatic amines is 1. The molecule has 4 heterocycles. The van der Waals surface area contributed by atoms with Crippen molar-refractivity contribution in [2.45, 2.75) is 6.42 Å². The third-order valence-electron chi connectivity index (χ3n) is 4.98. The molecule has 0 atom stereocenters. The maximum Gasteiger partial charge on any atom is 0.228 e. The number of amides is 1. The number of fused-ring (bicyclic) bond motifs is 1. The van der Waals surface area contributed by atoms with Gasteiger partial charge >= 0.3 is 0 Å². The van der Waals surface area contributed by atoms with E-state index in [-0.39, 0.29) is 12.3 Å². The molecule has 5 rings (SSSR count). The molecule has 158 valence electrons. The van der Waals surface area contributed by atoms with E-state index in [1.54, 1.807) is 12.4 Å². The number of halogens is 1. The summed E-state index contributed by atoms with van der Waals surface area (Å²) in [4.78, 5) is 18.7. The SMILES string of the molecule is O=C(Cc1cc(-c2nnc(Nc3ccc4[nH]ncc4c3Cl)s2)ccn1)N1CCOCC1. The Bertz CT molecular complexity index is 1240. The van der Waals surface area contributed by atoms with Gasteiger partial charge in [0.25, 0.3) is 0 Å². The van der Waals surface area contributed by atoms with Gasteiger partial charge in [-0.05, 0) is 24.3 Å². The second-order valence-electron chi connectivity index (χ2n) is 7.00. The minimum Gasteiger partial charge on any atom is -0.378 e. The first-order valence-corrected chi connectivity index (χ1v) is 10.9. The number of morpholine rings is 1. The van der Waals surface area contributed by atoms with Gasteiger partial charge in [-0.1, -0.05) is 22.9 Å². The van der Waals surface area contributed by atoms with E-state index in [9.17, 15) is 4.79 Å². The van der Waals surface area contributed by atoms with Crippen molar-refractivity contribution >= 4 is 50.6 Å². The van der Waals surface area contributed by atoms with E-state index < -0.39 is 0 Å². The molecule has 31 heavy (non-hydrogen) atoms. The van der Waals surface area contributed by atoms with Crippen molar-refractivity contribution in [1.82, 2.24) is 30.3 Å². The van der Waals surface area contributed by atoms with Crippen LogP contribution in [-0.4, -0.2) is 62.5 Å². The van der Waals surface area contributed by atoms with Gasteiger partial charge in [0, 0.05) is 30.2 Å². The molecule has 0 radical (unpaired) electrons. The van der Waals surface area contributed by atoms with Crippen LogP contribution in [-0.2, 0) is 16.0 Å². The smallest absolute Gasteiger partial charge is 0.228 e. The van der Waals surface area contributed by atoms with E-state index in [4.69, 9.17) is 16.3 Å². The third kappa shape index (κ3) is 4.22. The van der Waals surface area contributed by atoms with Crippen LogP contribution < -0.4 is 5.32 Å². The number of carbonyl (C=O) groups is 1. The number of rotatable bonds is 5. The largest absolute Gasteiger partial charge is 0.378 e. The van der Waals surface area contributed by atoms with Gasteiger partial charge in [0.2, 0.25) is 11.0 Å². The van der Waals surface area contributed by atoms with E-state index >= 15 is 0 Å². The fraction of sp³-hybridized carbons (Fsp3) is 0.250. The van der Waals surface area contributed by atoms with Gasteiger partial charge in [0.1, 0.15) is 5.01 Å². The molecular weight excluding hydrogens is 438 g/mol. The minimum atomic E-state index is 0.0526. The van der Waals surface area contributed by atoms with Crippen LogP contribution in [0.25, 0.3) is 21.5 Å². The Hall–Kier alpha value is -3.08. The molecule has 2 N–H and O–H groups in total. The molecule has 1 aromatic carbocycles. The zero-order valence-electron chi connectivity index (χ0n) is 16.3. The second kappa shape index (κ2) is 8.58. The second-order valence-corrected chi connectivity index (χ2v) is 8.36. The van der Waals surface area contributed by atoms with Gasteiger partial charge in [-0.15, -0.1) is 10.2 Å². The van der Waals surface area contributed by atoms with E-state index in [0.717, 1.165) is 27.2 Å². The van der Waals surface area contributed by atoms with Crippen molar-refractivity contribution in [2.75, 3.05) is 31.6 Å². The van der Waals surface area contributed by atoms with Crippen LogP contribution in [0.5, 0.6) is 0 Å². The number of carbonyl (C=O) groups excluding carboxylic acids is 1. The van der Waals surface area contributed by atoms with Crippen molar-refractivity contribution in [3.8, 4) is 10.6 Å². The van der Waals surface area contributed by atoms with E-state index in [1.165, 1.54) is 11.3 Å². The first-order valence-electron chi connectivity index (χ1n) is 9.70. The van der Waals surface area contributed by atoms with Crippen LogP contribution in [0, 0.1) is 0 Å². The van der Waals surface area contributed by atoms with E-state index in [0.29, 0.717) is 42.2 Å². The summed E-state index contributed by atoms with van der Waals surface area (Å²) >= 11 is 7.87. The lowest BCUT2D eigenvalue weighted by Crippen LogP contribution is -2.41. The summed E-state index contributed by atoms with van der Waals surface area (Å²) in [7, 11) is 0. The highest BCUT2D eigenvalue weighted by Gasteiger charge is 2.18. The molecule has 0 saturated carbocycles. The Kier molecular flexibility index (Phi) is 5.49. The van der Waals surface area contributed by atoms with Crippen molar-refractivity contribution in [3.63, 3.8) is 0 Å². The number of hydrogen-bond acceptors (Lipinski definition) is 8.